The molecule has 0 spiro atoms. The molecular weight excluding hydrogens is 516 g/mol. The summed E-state index contributed by atoms with van der Waals surface area (Å²) in [5, 5.41) is 68.2. The lowest BCUT2D eigenvalue weighted by Crippen LogP contribution is -2.73. The largest absolute Gasteiger partial charge is 0.393 e. The summed E-state index contributed by atoms with van der Waals surface area (Å²) >= 11 is 0. The molecule has 5 aliphatic rings. The SMILES string of the molecule is CC(C)C1CCC(CCC2CC(C(C)C)C3C[C@H]4C[C@H]5CC(O)C(C(C)O)C(O)[C@@]5(O)C(O)C4C(O)C3C2C)CC1. The Labute approximate surface area is 249 Å². The van der Waals surface area contributed by atoms with Crippen LogP contribution in [0.1, 0.15) is 106 Å². The van der Waals surface area contributed by atoms with Crippen LogP contribution in [0, 0.1) is 76.9 Å². The van der Waals surface area contributed by atoms with Crippen molar-refractivity contribution in [2.45, 2.75) is 142 Å². The Morgan fingerprint density at radius 1 is 0.756 bits per heavy atom. The normalized spacial score (nSPS) is 53.0. The lowest BCUT2D eigenvalue weighted by molar-refractivity contribution is -0.294. The molecule has 6 N–H and O–H groups in total. The molecule has 0 aromatic rings. The van der Waals surface area contributed by atoms with E-state index in [0.29, 0.717) is 36.0 Å². The summed E-state index contributed by atoms with van der Waals surface area (Å²) in [4.78, 5) is 0. The fourth-order valence-electron chi connectivity index (χ4n) is 11.5. The highest BCUT2D eigenvalue weighted by atomic mass is 16.4. The first-order valence-electron chi connectivity index (χ1n) is 17.4. The highest BCUT2D eigenvalue weighted by Gasteiger charge is 2.66. The minimum absolute atomic E-state index is 0.0511. The van der Waals surface area contributed by atoms with E-state index in [0.717, 1.165) is 24.2 Å². The lowest BCUT2D eigenvalue weighted by atomic mass is 9.45. The summed E-state index contributed by atoms with van der Waals surface area (Å²) in [7, 11) is 0. The Kier molecular flexibility index (Phi) is 9.63. The van der Waals surface area contributed by atoms with Gasteiger partial charge < -0.3 is 30.6 Å². The van der Waals surface area contributed by atoms with Crippen molar-refractivity contribution in [2.75, 3.05) is 0 Å². The Bertz CT molecular complexity index is 869. The van der Waals surface area contributed by atoms with Gasteiger partial charge in [0.1, 0.15) is 5.60 Å². The molecule has 0 aliphatic heterocycles. The summed E-state index contributed by atoms with van der Waals surface area (Å²) in [5.74, 6) is 3.10. The van der Waals surface area contributed by atoms with Gasteiger partial charge in [0, 0.05) is 11.8 Å². The van der Waals surface area contributed by atoms with Gasteiger partial charge in [-0.3, -0.25) is 0 Å². The van der Waals surface area contributed by atoms with Crippen molar-refractivity contribution in [2.24, 2.45) is 76.9 Å². The molecule has 6 nitrogen and oxygen atoms in total. The zero-order chi connectivity index (χ0) is 30.0. The first kappa shape index (κ1) is 32.2. The van der Waals surface area contributed by atoms with Crippen LogP contribution in [-0.2, 0) is 0 Å². The van der Waals surface area contributed by atoms with Crippen LogP contribution in [0.3, 0.4) is 0 Å². The molecule has 41 heavy (non-hydrogen) atoms. The van der Waals surface area contributed by atoms with Crippen molar-refractivity contribution in [3.8, 4) is 0 Å². The third kappa shape index (κ3) is 5.58. The van der Waals surface area contributed by atoms with Crippen LogP contribution in [0.2, 0.25) is 0 Å². The molecule has 0 aromatic heterocycles. The van der Waals surface area contributed by atoms with E-state index in [1.54, 1.807) is 0 Å². The van der Waals surface area contributed by atoms with E-state index in [9.17, 15) is 30.6 Å². The van der Waals surface area contributed by atoms with Gasteiger partial charge in [0.05, 0.1) is 30.5 Å². The average Bonchev–Trinajstić information content (AvgIpc) is 2.90. The average molecular weight is 579 g/mol. The molecule has 238 valence electrons. The van der Waals surface area contributed by atoms with Crippen molar-refractivity contribution in [3.05, 3.63) is 0 Å². The third-order valence-electron chi connectivity index (χ3n) is 14.0. The van der Waals surface area contributed by atoms with Crippen molar-refractivity contribution in [1.82, 2.24) is 0 Å². The fourth-order valence-corrected chi connectivity index (χ4v) is 11.5. The van der Waals surface area contributed by atoms with Crippen molar-refractivity contribution < 1.29 is 30.6 Å². The molecule has 12 unspecified atom stereocenters. The van der Waals surface area contributed by atoms with Crippen LogP contribution in [0.15, 0.2) is 0 Å². The van der Waals surface area contributed by atoms with E-state index in [4.69, 9.17) is 0 Å². The van der Waals surface area contributed by atoms with Crippen LogP contribution in [0.4, 0.5) is 0 Å². The second kappa shape index (κ2) is 12.3. The van der Waals surface area contributed by atoms with E-state index in [-0.39, 0.29) is 18.3 Å². The molecule has 0 aromatic carbocycles. The van der Waals surface area contributed by atoms with Crippen molar-refractivity contribution >= 4 is 0 Å². The standard InChI is InChI=1S/C35H62O6/c1-17(2)22-10-7-21(8-11-22)9-12-23-14-26(18(3)4)27-15-24-13-25-16-28(37)30(20(6)36)33(39)35(25,41)34(40)31(24)32(38)29(27)19(23)5/h17-34,36-41H,7-16H2,1-6H3/t19?,20?,21?,22?,23?,24-,25+,26?,27?,28?,29?,30?,31?,32?,33?,34?,35-/m1/s1. The number of hydrogen-bond donors (Lipinski definition) is 6. The highest BCUT2D eigenvalue weighted by molar-refractivity contribution is 5.16. The summed E-state index contributed by atoms with van der Waals surface area (Å²) in [6, 6.07) is 0. The quantitative estimate of drug-likeness (QED) is 0.274. The van der Waals surface area contributed by atoms with Gasteiger partial charge in [0.15, 0.2) is 0 Å². The van der Waals surface area contributed by atoms with Gasteiger partial charge in [-0.1, -0.05) is 53.9 Å². The Morgan fingerprint density at radius 2 is 1.41 bits per heavy atom. The minimum atomic E-state index is -1.83. The predicted molar refractivity (Wildman–Crippen MR) is 161 cm³/mol. The van der Waals surface area contributed by atoms with Crippen LogP contribution in [0.5, 0.6) is 0 Å². The molecule has 5 saturated carbocycles. The first-order valence-corrected chi connectivity index (χ1v) is 17.4. The Balaban J connectivity index is 1.34. The maximum Gasteiger partial charge on any atom is 0.120 e. The molecule has 0 saturated heterocycles. The molecule has 0 amide bonds. The van der Waals surface area contributed by atoms with Gasteiger partial charge in [-0.05, 0) is 117 Å². The van der Waals surface area contributed by atoms with Crippen LogP contribution in [-0.4, -0.2) is 66.8 Å². The van der Waals surface area contributed by atoms with E-state index >= 15 is 0 Å². The Hall–Kier alpha value is -0.240. The zero-order valence-corrected chi connectivity index (χ0v) is 26.6. The molecule has 0 bridgehead atoms. The van der Waals surface area contributed by atoms with E-state index < -0.39 is 53.9 Å². The van der Waals surface area contributed by atoms with Gasteiger partial charge in [0.2, 0.25) is 0 Å². The number of aliphatic hydroxyl groups is 6. The van der Waals surface area contributed by atoms with Crippen LogP contribution < -0.4 is 0 Å². The van der Waals surface area contributed by atoms with Crippen LogP contribution >= 0.6 is 0 Å². The maximum absolute atomic E-state index is 12.1. The minimum Gasteiger partial charge on any atom is -0.393 e. The molecule has 6 heteroatoms. The molecule has 0 heterocycles. The molecule has 5 rings (SSSR count). The maximum atomic E-state index is 12.1. The monoisotopic (exact) mass is 578 g/mol. The second-order valence-corrected chi connectivity index (χ2v) is 16.5. The van der Waals surface area contributed by atoms with Gasteiger partial charge in [-0.25, -0.2) is 0 Å². The van der Waals surface area contributed by atoms with Crippen LogP contribution in [0.25, 0.3) is 0 Å². The van der Waals surface area contributed by atoms with E-state index in [1.807, 2.05) is 0 Å². The second-order valence-electron chi connectivity index (χ2n) is 16.5. The summed E-state index contributed by atoms with van der Waals surface area (Å²) in [6.45, 7) is 13.2. The zero-order valence-electron chi connectivity index (χ0n) is 26.6. The van der Waals surface area contributed by atoms with Gasteiger partial charge >= 0.3 is 0 Å². The smallest absolute Gasteiger partial charge is 0.120 e. The summed E-state index contributed by atoms with van der Waals surface area (Å²) < 4.78 is 0. The number of aliphatic hydroxyl groups excluding tert-OH is 5. The third-order valence-corrected chi connectivity index (χ3v) is 14.0. The molecule has 5 aliphatic carbocycles. The molecule has 0 radical (unpaired) electrons. The topological polar surface area (TPSA) is 121 Å². The molecule has 5 fully saturated rings. The van der Waals surface area contributed by atoms with Crippen molar-refractivity contribution in [1.29, 1.82) is 0 Å². The van der Waals surface area contributed by atoms with Gasteiger partial charge in [-0.15, -0.1) is 0 Å². The fraction of sp³-hybridized carbons (Fsp3) is 1.00. The number of rotatable bonds is 6. The lowest BCUT2D eigenvalue weighted by Gasteiger charge is -2.63. The number of hydrogen-bond acceptors (Lipinski definition) is 6. The molecular formula is C35H62O6. The van der Waals surface area contributed by atoms with Gasteiger partial charge in [-0.2, -0.15) is 0 Å². The first-order chi connectivity index (χ1) is 19.3. The van der Waals surface area contributed by atoms with E-state index in [1.165, 1.54) is 51.9 Å². The highest BCUT2D eigenvalue weighted by Crippen LogP contribution is 2.61. The molecule has 15 atom stereocenters. The predicted octanol–water partition coefficient (Wildman–Crippen LogP) is 4.62. The van der Waals surface area contributed by atoms with Gasteiger partial charge in [0.25, 0.3) is 0 Å². The van der Waals surface area contributed by atoms with Crippen molar-refractivity contribution in [3.63, 3.8) is 0 Å². The summed E-state index contributed by atoms with van der Waals surface area (Å²) in [5.41, 5.74) is -1.83. The number of fused-ring (bicyclic) bond motifs is 3. The summed E-state index contributed by atoms with van der Waals surface area (Å²) in [6.07, 6.45) is 5.51. The van der Waals surface area contributed by atoms with E-state index in [2.05, 4.69) is 34.6 Å². The Morgan fingerprint density at radius 3 is 2.00 bits per heavy atom.